The van der Waals surface area contributed by atoms with Gasteiger partial charge in [0.25, 0.3) is 5.91 Å². The molecule has 256 valence electrons. The minimum Gasteiger partial charge on any atom is -0.508 e. The Kier molecular flexibility index (Phi) is 12.6. The lowest BCUT2D eigenvalue weighted by molar-refractivity contribution is -0.159. The van der Waals surface area contributed by atoms with E-state index in [0.29, 0.717) is 16.7 Å². The van der Waals surface area contributed by atoms with E-state index in [1.54, 1.807) is 77.9 Å². The van der Waals surface area contributed by atoms with Gasteiger partial charge in [0.15, 0.2) is 0 Å². The van der Waals surface area contributed by atoms with Crippen molar-refractivity contribution in [2.75, 3.05) is 0 Å². The molecule has 0 aromatic heterocycles. The minimum atomic E-state index is -1.47. The van der Waals surface area contributed by atoms with Crippen LogP contribution in [0.5, 0.6) is 5.75 Å². The van der Waals surface area contributed by atoms with Crippen molar-refractivity contribution in [2.24, 2.45) is 0 Å². The van der Waals surface area contributed by atoms with E-state index in [1.165, 1.54) is 12.1 Å². The summed E-state index contributed by atoms with van der Waals surface area (Å²) in [6, 6.07) is 19.9. The molecule has 3 N–H and O–H groups in total. The molecule has 10 heteroatoms. The third-order valence-corrected chi connectivity index (χ3v) is 6.93. The molecule has 0 heterocycles. The molecule has 3 amide bonds. The number of phenolic OH excluding ortho intramolecular Hbond substituents is 1. The Morgan fingerprint density at radius 3 is 1.84 bits per heavy atom. The molecular weight excluding hydrogens is 622 g/mol. The standard InChI is InChI=1S/C39H43N3O7/c1-9-26-16-20-29(21-17-26)33(34(44)40-32(36(46)48-38(3,4)5)25-27-14-12-11-13-15-27)42(10-2)35(45)31(41-37(47)49-39(6,7)8)24-28-18-22-30(43)23-19-28/h1-2,11-23,31-33,43H,24-25H2,3-8H3,(H,40,44)(H,41,47). The fraction of sp³-hybridized carbons (Fsp3) is 0.333. The molecule has 3 rings (SSSR count). The molecule has 0 bridgehead atoms. The Labute approximate surface area is 288 Å². The highest BCUT2D eigenvalue weighted by molar-refractivity contribution is 5.95. The van der Waals surface area contributed by atoms with Crippen LogP contribution in [0.15, 0.2) is 78.9 Å². The molecule has 0 spiro atoms. The van der Waals surface area contributed by atoms with Crippen molar-refractivity contribution >= 4 is 23.9 Å². The first kappa shape index (κ1) is 37.7. The van der Waals surface area contributed by atoms with Crippen molar-refractivity contribution in [1.82, 2.24) is 15.5 Å². The van der Waals surface area contributed by atoms with E-state index in [1.807, 2.05) is 30.3 Å². The lowest BCUT2D eigenvalue weighted by atomic mass is 9.99. The van der Waals surface area contributed by atoms with Crippen LogP contribution in [-0.4, -0.2) is 57.2 Å². The van der Waals surface area contributed by atoms with Crippen LogP contribution in [0, 0.1) is 24.8 Å². The number of carbonyl (C=O) groups excluding carboxylic acids is 4. The zero-order chi connectivity index (χ0) is 36.4. The number of carbonyl (C=O) groups is 4. The lowest BCUT2D eigenvalue weighted by Crippen LogP contribution is -2.54. The first-order valence-electron chi connectivity index (χ1n) is 15.7. The lowest BCUT2D eigenvalue weighted by Gasteiger charge is -2.32. The normalized spacial score (nSPS) is 13.0. The molecular formula is C39H43N3O7. The molecule has 10 nitrogen and oxygen atoms in total. The van der Waals surface area contributed by atoms with Crippen LogP contribution in [0.1, 0.15) is 69.8 Å². The van der Waals surface area contributed by atoms with Crippen molar-refractivity contribution in [2.45, 2.75) is 83.7 Å². The van der Waals surface area contributed by atoms with Crippen LogP contribution in [0.25, 0.3) is 0 Å². The van der Waals surface area contributed by atoms with Crippen LogP contribution < -0.4 is 10.6 Å². The maximum atomic E-state index is 14.3. The van der Waals surface area contributed by atoms with Gasteiger partial charge in [-0.3, -0.25) is 14.5 Å². The summed E-state index contributed by atoms with van der Waals surface area (Å²) in [6.45, 7) is 10.2. The number of rotatable bonds is 11. The molecule has 0 aliphatic rings. The number of phenols is 1. The van der Waals surface area contributed by atoms with E-state index in [2.05, 4.69) is 22.6 Å². The second-order valence-corrected chi connectivity index (χ2v) is 13.4. The fourth-order valence-electron chi connectivity index (χ4n) is 4.80. The summed E-state index contributed by atoms with van der Waals surface area (Å²) in [7, 11) is 0. The molecule has 49 heavy (non-hydrogen) atoms. The molecule has 0 fully saturated rings. The number of alkyl carbamates (subject to hydrolysis) is 1. The molecule has 3 aromatic carbocycles. The highest BCUT2D eigenvalue weighted by Gasteiger charge is 2.38. The van der Waals surface area contributed by atoms with E-state index < -0.39 is 53.2 Å². The van der Waals surface area contributed by atoms with Crippen molar-refractivity contribution in [3.8, 4) is 30.6 Å². The van der Waals surface area contributed by atoms with E-state index in [4.69, 9.17) is 22.3 Å². The van der Waals surface area contributed by atoms with E-state index in [0.717, 1.165) is 10.5 Å². The van der Waals surface area contributed by atoms with Crippen LogP contribution >= 0.6 is 0 Å². The maximum Gasteiger partial charge on any atom is 0.408 e. The number of ether oxygens (including phenoxy) is 2. The molecule has 3 unspecified atom stereocenters. The van der Waals surface area contributed by atoms with Crippen molar-refractivity contribution in [3.63, 3.8) is 0 Å². The zero-order valence-electron chi connectivity index (χ0n) is 28.7. The van der Waals surface area contributed by atoms with Crippen LogP contribution in [0.2, 0.25) is 0 Å². The quantitative estimate of drug-likeness (QED) is 0.149. The Morgan fingerprint density at radius 2 is 1.31 bits per heavy atom. The summed E-state index contributed by atoms with van der Waals surface area (Å²) in [5.74, 6) is 0.269. The number of hydrogen-bond donors (Lipinski definition) is 3. The van der Waals surface area contributed by atoms with Crippen molar-refractivity contribution < 1.29 is 33.8 Å². The third kappa shape index (κ3) is 11.8. The summed E-state index contributed by atoms with van der Waals surface area (Å²) in [4.78, 5) is 55.9. The number of nitrogens with zero attached hydrogens (tertiary/aromatic N) is 1. The third-order valence-electron chi connectivity index (χ3n) is 6.93. The van der Waals surface area contributed by atoms with Crippen LogP contribution in [0.4, 0.5) is 4.79 Å². The van der Waals surface area contributed by atoms with E-state index in [-0.39, 0.29) is 18.6 Å². The van der Waals surface area contributed by atoms with Gasteiger partial charge in [-0.1, -0.05) is 66.9 Å². The van der Waals surface area contributed by atoms with Crippen molar-refractivity contribution in [3.05, 3.63) is 101 Å². The Morgan fingerprint density at radius 1 is 0.755 bits per heavy atom. The number of aromatic hydroxyl groups is 1. The molecule has 0 radical (unpaired) electrons. The number of benzene rings is 3. The summed E-state index contributed by atoms with van der Waals surface area (Å²) < 4.78 is 11.1. The number of hydrogen-bond acceptors (Lipinski definition) is 7. The second kappa shape index (κ2) is 16.4. The molecule has 0 saturated carbocycles. The van der Waals surface area contributed by atoms with Gasteiger partial charge in [0, 0.05) is 24.4 Å². The minimum absolute atomic E-state index is 0.0131. The summed E-state index contributed by atoms with van der Waals surface area (Å²) in [6.07, 6.45) is 10.7. The summed E-state index contributed by atoms with van der Waals surface area (Å²) in [5, 5.41) is 15.1. The maximum absolute atomic E-state index is 14.3. The SMILES string of the molecule is C#Cc1ccc(C(C(=O)NC(Cc2ccccc2)C(=O)OC(C)(C)C)N(C#C)C(=O)C(Cc2ccc(O)cc2)NC(=O)OC(C)(C)C)cc1. The Bertz CT molecular complexity index is 1690. The molecule has 0 saturated heterocycles. The highest BCUT2D eigenvalue weighted by Crippen LogP contribution is 2.25. The van der Waals surface area contributed by atoms with E-state index >= 15 is 0 Å². The molecule has 3 aromatic rings. The highest BCUT2D eigenvalue weighted by atomic mass is 16.6. The largest absolute Gasteiger partial charge is 0.508 e. The molecule has 0 aliphatic carbocycles. The average molecular weight is 666 g/mol. The van der Waals surface area contributed by atoms with Gasteiger partial charge < -0.3 is 25.2 Å². The van der Waals surface area contributed by atoms with Crippen LogP contribution in [-0.2, 0) is 36.7 Å². The average Bonchev–Trinajstić information content (AvgIpc) is 3.02. The van der Waals surface area contributed by atoms with Gasteiger partial charge in [-0.25, -0.2) is 9.59 Å². The van der Waals surface area contributed by atoms with Gasteiger partial charge >= 0.3 is 12.1 Å². The number of terminal acetylenes is 2. The smallest absolute Gasteiger partial charge is 0.408 e. The van der Waals surface area contributed by atoms with Gasteiger partial charge in [0.05, 0.1) is 0 Å². The number of amides is 3. The number of nitrogens with one attached hydrogen (secondary N) is 2. The summed E-state index contributed by atoms with van der Waals surface area (Å²) in [5.41, 5.74) is 0.431. The molecule has 3 atom stereocenters. The second-order valence-electron chi connectivity index (χ2n) is 13.4. The van der Waals surface area contributed by atoms with Crippen molar-refractivity contribution in [1.29, 1.82) is 0 Å². The topological polar surface area (TPSA) is 134 Å². The predicted molar refractivity (Wildman–Crippen MR) is 186 cm³/mol. The van der Waals surface area contributed by atoms with Gasteiger partial charge in [0.2, 0.25) is 5.91 Å². The Hall–Kier alpha value is -5.74. The fourth-order valence-corrected chi connectivity index (χ4v) is 4.80. The number of esters is 1. The molecule has 0 aliphatic heterocycles. The Balaban J connectivity index is 2.07. The first-order chi connectivity index (χ1) is 23.0. The van der Waals surface area contributed by atoms with Gasteiger partial charge in [-0.15, -0.1) is 6.42 Å². The first-order valence-corrected chi connectivity index (χ1v) is 15.7. The zero-order valence-corrected chi connectivity index (χ0v) is 28.7. The summed E-state index contributed by atoms with van der Waals surface area (Å²) >= 11 is 0. The van der Waals surface area contributed by atoms with Gasteiger partial charge in [0.1, 0.15) is 35.1 Å². The van der Waals surface area contributed by atoms with E-state index in [9.17, 15) is 24.3 Å². The predicted octanol–water partition coefficient (Wildman–Crippen LogP) is 5.04. The van der Waals surface area contributed by atoms with Gasteiger partial charge in [-0.2, -0.15) is 0 Å². The van der Waals surface area contributed by atoms with Gasteiger partial charge in [-0.05, 0) is 82.5 Å². The monoisotopic (exact) mass is 665 g/mol. The van der Waals surface area contributed by atoms with Crippen LogP contribution in [0.3, 0.4) is 0 Å².